The molecule has 3 heterocycles. The summed E-state index contributed by atoms with van der Waals surface area (Å²) < 4.78 is 0. The maximum absolute atomic E-state index is 6.29. The van der Waals surface area contributed by atoms with Gasteiger partial charge in [0.15, 0.2) is 0 Å². The zero-order valence-electron chi connectivity index (χ0n) is 14.4. The van der Waals surface area contributed by atoms with Gasteiger partial charge in [-0.1, -0.05) is 29.8 Å². The number of halogens is 1. The van der Waals surface area contributed by atoms with Gasteiger partial charge in [0.25, 0.3) is 0 Å². The minimum Gasteiger partial charge on any atom is -0.354 e. The van der Waals surface area contributed by atoms with Crippen LogP contribution in [0.4, 0.5) is 11.8 Å². The molecule has 2 saturated heterocycles. The van der Waals surface area contributed by atoms with Gasteiger partial charge >= 0.3 is 0 Å². The second-order valence-corrected chi connectivity index (χ2v) is 7.17. The number of piperazine rings is 1. The molecule has 2 aliphatic heterocycles. The predicted octanol–water partition coefficient (Wildman–Crippen LogP) is 3.05. The van der Waals surface area contributed by atoms with Crippen LogP contribution in [-0.2, 0) is 6.54 Å². The molecule has 25 heavy (non-hydrogen) atoms. The van der Waals surface area contributed by atoms with Gasteiger partial charge in [-0.3, -0.25) is 4.90 Å². The van der Waals surface area contributed by atoms with Crippen molar-refractivity contribution in [2.75, 3.05) is 49.1 Å². The van der Waals surface area contributed by atoms with E-state index in [4.69, 9.17) is 16.6 Å². The summed E-state index contributed by atoms with van der Waals surface area (Å²) in [5.41, 5.74) is 1.20. The van der Waals surface area contributed by atoms with Crippen LogP contribution in [0.5, 0.6) is 0 Å². The lowest BCUT2D eigenvalue weighted by Crippen LogP contribution is -2.46. The van der Waals surface area contributed by atoms with Gasteiger partial charge in [0.2, 0.25) is 5.95 Å². The lowest BCUT2D eigenvalue weighted by Gasteiger charge is -2.35. The van der Waals surface area contributed by atoms with Crippen LogP contribution >= 0.6 is 11.6 Å². The first-order valence-corrected chi connectivity index (χ1v) is 9.46. The van der Waals surface area contributed by atoms with Gasteiger partial charge in [-0.05, 0) is 30.5 Å². The zero-order chi connectivity index (χ0) is 17.1. The maximum Gasteiger partial charge on any atom is 0.227 e. The summed E-state index contributed by atoms with van der Waals surface area (Å²) in [7, 11) is 0. The summed E-state index contributed by atoms with van der Waals surface area (Å²) in [5, 5.41) is 0.857. The van der Waals surface area contributed by atoms with Gasteiger partial charge < -0.3 is 9.80 Å². The van der Waals surface area contributed by atoms with Crippen molar-refractivity contribution in [1.29, 1.82) is 0 Å². The summed E-state index contributed by atoms with van der Waals surface area (Å²) in [6.07, 6.45) is 4.38. The molecular weight excluding hydrogens is 334 g/mol. The normalized spacial score (nSPS) is 18.8. The lowest BCUT2D eigenvalue weighted by molar-refractivity contribution is 0.249. The minimum atomic E-state index is 0.857. The number of anilines is 2. The SMILES string of the molecule is Clc1ccccc1CN1CCN(c2ccnc(N3CCCC3)n2)CC1. The molecule has 0 atom stereocenters. The van der Waals surface area contributed by atoms with Crippen LogP contribution in [0.15, 0.2) is 36.5 Å². The lowest BCUT2D eigenvalue weighted by atomic mass is 10.2. The molecule has 0 unspecified atom stereocenters. The third-order valence-electron chi connectivity index (χ3n) is 5.07. The van der Waals surface area contributed by atoms with Crippen molar-refractivity contribution in [2.45, 2.75) is 19.4 Å². The van der Waals surface area contributed by atoms with E-state index in [1.54, 1.807) is 0 Å². The minimum absolute atomic E-state index is 0.857. The molecule has 2 aliphatic rings. The average Bonchev–Trinajstić information content (AvgIpc) is 3.19. The molecule has 0 saturated carbocycles. The maximum atomic E-state index is 6.29. The summed E-state index contributed by atoms with van der Waals surface area (Å²) in [6.45, 7) is 7.09. The van der Waals surface area contributed by atoms with Gasteiger partial charge in [-0.2, -0.15) is 4.98 Å². The second kappa shape index (κ2) is 7.58. The van der Waals surface area contributed by atoms with Crippen molar-refractivity contribution in [3.05, 3.63) is 47.1 Å². The molecule has 5 nitrogen and oxygen atoms in total. The quantitative estimate of drug-likeness (QED) is 0.840. The Bertz CT molecular complexity index is 708. The van der Waals surface area contributed by atoms with Crippen molar-refractivity contribution in [2.24, 2.45) is 0 Å². The van der Waals surface area contributed by atoms with Crippen molar-refractivity contribution in [3.8, 4) is 0 Å². The topological polar surface area (TPSA) is 35.5 Å². The molecule has 0 aliphatic carbocycles. The van der Waals surface area contributed by atoms with Crippen LogP contribution < -0.4 is 9.80 Å². The van der Waals surface area contributed by atoms with Crippen molar-refractivity contribution >= 4 is 23.4 Å². The molecule has 0 bridgehead atoms. The van der Waals surface area contributed by atoms with Crippen LogP contribution in [0.2, 0.25) is 5.02 Å². The third kappa shape index (κ3) is 3.88. The van der Waals surface area contributed by atoms with Crippen molar-refractivity contribution in [1.82, 2.24) is 14.9 Å². The van der Waals surface area contributed by atoms with Crippen LogP contribution in [0.3, 0.4) is 0 Å². The second-order valence-electron chi connectivity index (χ2n) is 6.76. The molecular formula is C19H24ClN5. The highest BCUT2D eigenvalue weighted by Crippen LogP contribution is 2.21. The Morgan fingerprint density at radius 1 is 0.880 bits per heavy atom. The summed E-state index contributed by atoms with van der Waals surface area (Å²) >= 11 is 6.29. The van der Waals surface area contributed by atoms with Crippen LogP contribution in [0, 0.1) is 0 Å². The Kier molecular flexibility index (Phi) is 5.04. The zero-order valence-corrected chi connectivity index (χ0v) is 15.2. The highest BCUT2D eigenvalue weighted by molar-refractivity contribution is 6.31. The van der Waals surface area contributed by atoms with Crippen LogP contribution in [-0.4, -0.2) is 54.1 Å². The van der Waals surface area contributed by atoms with E-state index >= 15 is 0 Å². The molecule has 2 fully saturated rings. The smallest absolute Gasteiger partial charge is 0.227 e. The van der Waals surface area contributed by atoms with Crippen LogP contribution in [0.25, 0.3) is 0 Å². The van der Waals surface area contributed by atoms with Crippen LogP contribution in [0.1, 0.15) is 18.4 Å². The van der Waals surface area contributed by atoms with Crippen molar-refractivity contribution < 1.29 is 0 Å². The molecule has 1 aromatic carbocycles. The first-order chi connectivity index (χ1) is 12.3. The monoisotopic (exact) mass is 357 g/mol. The van der Waals surface area contributed by atoms with Gasteiger partial charge in [0, 0.05) is 57.0 Å². The Labute approximate surface area is 154 Å². The Morgan fingerprint density at radius 2 is 1.64 bits per heavy atom. The fraction of sp³-hybridized carbons (Fsp3) is 0.474. The van der Waals surface area contributed by atoms with Gasteiger partial charge in [-0.25, -0.2) is 4.98 Å². The number of benzene rings is 1. The van der Waals surface area contributed by atoms with E-state index in [1.807, 2.05) is 24.4 Å². The number of hydrogen-bond donors (Lipinski definition) is 0. The van der Waals surface area contributed by atoms with E-state index in [9.17, 15) is 0 Å². The van der Waals surface area contributed by atoms with E-state index in [-0.39, 0.29) is 0 Å². The molecule has 132 valence electrons. The van der Waals surface area contributed by atoms with E-state index in [1.165, 1.54) is 18.4 Å². The largest absolute Gasteiger partial charge is 0.354 e. The average molecular weight is 358 g/mol. The van der Waals surface area contributed by atoms with Gasteiger partial charge in [0.05, 0.1) is 0 Å². The van der Waals surface area contributed by atoms with E-state index in [0.717, 1.165) is 62.6 Å². The van der Waals surface area contributed by atoms with Crippen molar-refractivity contribution in [3.63, 3.8) is 0 Å². The number of hydrogen-bond acceptors (Lipinski definition) is 5. The summed E-state index contributed by atoms with van der Waals surface area (Å²) in [4.78, 5) is 16.4. The summed E-state index contributed by atoms with van der Waals surface area (Å²) in [6, 6.07) is 10.1. The molecule has 2 aromatic rings. The predicted molar refractivity (Wildman–Crippen MR) is 102 cm³/mol. The third-order valence-corrected chi connectivity index (χ3v) is 5.43. The van der Waals surface area contributed by atoms with E-state index in [0.29, 0.717) is 0 Å². The Balaban J connectivity index is 1.37. The summed E-state index contributed by atoms with van der Waals surface area (Å²) in [5.74, 6) is 1.93. The fourth-order valence-corrected chi connectivity index (χ4v) is 3.78. The first-order valence-electron chi connectivity index (χ1n) is 9.08. The standard InChI is InChI=1S/C19H24ClN5/c20-17-6-2-1-5-16(17)15-23-11-13-24(14-12-23)18-7-8-21-19(22-18)25-9-3-4-10-25/h1-2,5-8H,3-4,9-15H2. The van der Waals surface area contributed by atoms with Gasteiger partial charge in [-0.15, -0.1) is 0 Å². The van der Waals surface area contributed by atoms with E-state index in [2.05, 4.69) is 31.8 Å². The molecule has 4 rings (SSSR count). The number of nitrogens with zero attached hydrogens (tertiary/aromatic N) is 5. The highest BCUT2D eigenvalue weighted by Gasteiger charge is 2.21. The molecule has 0 radical (unpaired) electrons. The van der Waals surface area contributed by atoms with E-state index < -0.39 is 0 Å². The Morgan fingerprint density at radius 3 is 2.40 bits per heavy atom. The molecule has 0 N–H and O–H groups in total. The number of rotatable bonds is 4. The highest BCUT2D eigenvalue weighted by atomic mass is 35.5. The molecule has 0 amide bonds. The fourth-order valence-electron chi connectivity index (χ4n) is 3.59. The first kappa shape index (κ1) is 16.6. The molecule has 1 aromatic heterocycles. The number of aromatic nitrogens is 2. The molecule has 0 spiro atoms. The Hall–Kier alpha value is -1.85. The van der Waals surface area contributed by atoms with Gasteiger partial charge in [0.1, 0.15) is 5.82 Å². The molecule has 6 heteroatoms.